The van der Waals surface area contributed by atoms with Gasteiger partial charge < -0.3 is 16.0 Å². The van der Waals surface area contributed by atoms with Gasteiger partial charge >= 0.3 is 0 Å². The average Bonchev–Trinajstić information content (AvgIpc) is 3.15. The van der Waals surface area contributed by atoms with Crippen molar-refractivity contribution in [2.75, 3.05) is 0 Å². The van der Waals surface area contributed by atoms with E-state index in [0.717, 1.165) is 30.0 Å². The van der Waals surface area contributed by atoms with E-state index in [4.69, 9.17) is 0 Å². The van der Waals surface area contributed by atoms with E-state index in [0.29, 0.717) is 16.6 Å². The summed E-state index contributed by atoms with van der Waals surface area (Å²) in [5.74, 6) is 1.96. The Balaban J connectivity index is 0.953. The summed E-state index contributed by atoms with van der Waals surface area (Å²) in [6.45, 7) is 2.37. The standard InChI is InChI=1S/C24H41N3/c1-17-4-11-24(25-17)16-19(24)13-21-6-10-23(27-21)14-18(15-23)12-20-5-9-22(26-20)7-2-3-8-22/h17-21,25-27H,2-16H2,1H3. The predicted molar refractivity (Wildman–Crippen MR) is 111 cm³/mol. The molecular weight excluding hydrogens is 330 g/mol. The molecule has 6 aliphatic rings. The minimum Gasteiger partial charge on any atom is -0.308 e. The van der Waals surface area contributed by atoms with Crippen molar-refractivity contribution in [1.82, 2.24) is 16.0 Å². The highest BCUT2D eigenvalue weighted by Crippen LogP contribution is 2.55. The van der Waals surface area contributed by atoms with Crippen LogP contribution in [0.15, 0.2) is 0 Å². The van der Waals surface area contributed by atoms with Gasteiger partial charge in [0.05, 0.1) is 0 Å². The Hall–Kier alpha value is -0.120. The number of hydrogen-bond acceptors (Lipinski definition) is 3. The summed E-state index contributed by atoms with van der Waals surface area (Å²) >= 11 is 0. The fourth-order valence-corrected chi connectivity index (χ4v) is 8.42. The molecule has 6 fully saturated rings. The van der Waals surface area contributed by atoms with Gasteiger partial charge in [-0.1, -0.05) is 12.8 Å². The van der Waals surface area contributed by atoms with Crippen molar-refractivity contribution >= 4 is 0 Å². The molecule has 6 rings (SSSR count). The molecule has 3 saturated carbocycles. The van der Waals surface area contributed by atoms with Crippen LogP contribution < -0.4 is 16.0 Å². The Kier molecular flexibility index (Phi) is 4.06. The maximum atomic E-state index is 4.15. The van der Waals surface area contributed by atoms with Crippen molar-refractivity contribution in [3.63, 3.8) is 0 Å². The topological polar surface area (TPSA) is 36.1 Å². The molecule has 3 saturated heterocycles. The molecule has 0 aromatic carbocycles. The third-order valence-electron chi connectivity index (χ3n) is 9.86. The average molecular weight is 372 g/mol. The lowest BCUT2D eigenvalue weighted by Gasteiger charge is -2.47. The van der Waals surface area contributed by atoms with Crippen LogP contribution in [0, 0.1) is 11.8 Å². The molecular formula is C24H41N3. The van der Waals surface area contributed by atoms with Gasteiger partial charge in [-0.2, -0.15) is 0 Å². The summed E-state index contributed by atoms with van der Waals surface area (Å²) in [5.41, 5.74) is 1.70. The smallest absolute Gasteiger partial charge is 0.0217 e. The van der Waals surface area contributed by atoms with Gasteiger partial charge in [0.25, 0.3) is 0 Å². The summed E-state index contributed by atoms with van der Waals surface area (Å²) in [5, 5.41) is 12.1. The molecule has 3 heteroatoms. The molecule has 3 aliphatic carbocycles. The van der Waals surface area contributed by atoms with Crippen LogP contribution in [0.5, 0.6) is 0 Å². The van der Waals surface area contributed by atoms with Crippen LogP contribution >= 0.6 is 0 Å². The molecule has 3 N–H and O–H groups in total. The zero-order valence-corrected chi connectivity index (χ0v) is 17.5. The fourth-order valence-electron chi connectivity index (χ4n) is 8.42. The fraction of sp³-hybridized carbons (Fsp3) is 1.00. The highest BCUT2D eigenvalue weighted by molar-refractivity contribution is 5.16. The van der Waals surface area contributed by atoms with Gasteiger partial charge in [0, 0.05) is 34.7 Å². The summed E-state index contributed by atoms with van der Waals surface area (Å²) in [6.07, 6.45) is 21.8. The van der Waals surface area contributed by atoms with E-state index in [9.17, 15) is 0 Å². The quantitative estimate of drug-likeness (QED) is 0.691. The van der Waals surface area contributed by atoms with Crippen LogP contribution in [0.4, 0.5) is 0 Å². The lowest BCUT2D eigenvalue weighted by atomic mass is 9.65. The SMILES string of the molecule is CC1CCC2(CC2CC2CCC3(CC(CC4CCC5(CCCC5)N4)C3)N2)N1. The summed E-state index contributed by atoms with van der Waals surface area (Å²) in [4.78, 5) is 0. The molecule has 5 atom stereocenters. The highest BCUT2D eigenvalue weighted by Gasteiger charge is 2.58. The Labute approximate surface area is 166 Å². The van der Waals surface area contributed by atoms with Gasteiger partial charge in [-0.15, -0.1) is 0 Å². The van der Waals surface area contributed by atoms with Crippen molar-refractivity contribution < 1.29 is 0 Å². The van der Waals surface area contributed by atoms with Gasteiger partial charge in [-0.25, -0.2) is 0 Å². The van der Waals surface area contributed by atoms with E-state index in [-0.39, 0.29) is 0 Å². The van der Waals surface area contributed by atoms with Gasteiger partial charge in [0.1, 0.15) is 0 Å². The minimum atomic E-state index is 0.553. The van der Waals surface area contributed by atoms with Gasteiger partial charge in [0.2, 0.25) is 0 Å². The first-order valence-corrected chi connectivity index (χ1v) is 12.4. The van der Waals surface area contributed by atoms with Gasteiger partial charge in [0.15, 0.2) is 0 Å². The van der Waals surface area contributed by atoms with Crippen LogP contribution in [-0.4, -0.2) is 34.7 Å². The van der Waals surface area contributed by atoms with Gasteiger partial charge in [-0.05, 0) is 102 Å². The number of hydrogen-bond donors (Lipinski definition) is 3. The first kappa shape index (κ1) is 17.7. The Bertz CT molecular complexity index is 576. The van der Waals surface area contributed by atoms with Crippen LogP contribution in [0.3, 0.4) is 0 Å². The maximum Gasteiger partial charge on any atom is 0.0217 e. The lowest BCUT2D eigenvalue weighted by Crippen LogP contribution is -2.54. The second-order valence-electron chi connectivity index (χ2n) is 11.9. The van der Waals surface area contributed by atoms with Crippen molar-refractivity contribution in [3.05, 3.63) is 0 Å². The molecule has 27 heavy (non-hydrogen) atoms. The second kappa shape index (κ2) is 6.19. The highest BCUT2D eigenvalue weighted by atomic mass is 15.1. The normalized spacial score (nSPS) is 53.0. The first-order valence-electron chi connectivity index (χ1n) is 12.4. The largest absolute Gasteiger partial charge is 0.308 e. The van der Waals surface area contributed by atoms with Crippen molar-refractivity contribution in [2.45, 2.75) is 138 Å². The van der Waals surface area contributed by atoms with Gasteiger partial charge in [-0.3, -0.25) is 0 Å². The first-order chi connectivity index (χ1) is 13.1. The molecule has 5 unspecified atom stereocenters. The van der Waals surface area contributed by atoms with Crippen LogP contribution in [0.2, 0.25) is 0 Å². The molecule has 0 radical (unpaired) electrons. The Morgan fingerprint density at radius 3 is 2.15 bits per heavy atom. The molecule has 3 aliphatic heterocycles. The molecule has 0 aromatic rings. The Morgan fingerprint density at radius 2 is 1.41 bits per heavy atom. The summed E-state index contributed by atoms with van der Waals surface area (Å²) in [6, 6.07) is 2.42. The van der Waals surface area contributed by atoms with E-state index < -0.39 is 0 Å². The third-order valence-corrected chi connectivity index (χ3v) is 9.86. The zero-order valence-electron chi connectivity index (χ0n) is 17.5. The summed E-state index contributed by atoms with van der Waals surface area (Å²) < 4.78 is 0. The van der Waals surface area contributed by atoms with Crippen molar-refractivity contribution in [1.29, 1.82) is 0 Å². The van der Waals surface area contributed by atoms with E-state index in [1.165, 1.54) is 96.3 Å². The van der Waals surface area contributed by atoms with Crippen molar-refractivity contribution in [2.24, 2.45) is 11.8 Å². The molecule has 152 valence electrons. The molecule has 3 heterocycles. The predicted octanol–water partition coefficient (Wildman–Crippen LogP) is 4.26. The number of rotatable bonds is 4. The monoisotopic (exact) mass is 371 g/mol. The van der Waals surface area contributed by atoms with E-state index in [1.807, 2.05) is 0 Å². The molecule has 3 spiro atoms. The molecule has 0 aromatic heterocycles. The molecule has 0 bridgehead atoms. The zero-order chi connectivity index (χ0) is 18.1. The van der Waals surface area contributed by atoms with Crippen LogP contribution in [-0.2, 0) is 0 Å². The maximum absolute atomic E-state index is 4.15. The Morgan fingerprint density at radius 1 is 0.704 bits per heavy atom. The van der Waals surface area contributed by atoms with Crippen molar-refractivity contribution in [3.8, 4) is 0 Å². The van der Waals surface area contributed by atoms with Crippen LogP contribution in [0.1, 0.15) is 103 Å². The second-order valence-corrected chi connectivity index (χ2v) is 11.9. The minimum absolute atomic E-state index is 0.553. The molecule has 3 nitrogen and oxygen atoms in total. The van der Waals surface area contributed by atoms with E-state index >= 15 is 0 Å². The molecule has 0 amide bonds. The van der Waals surface area contributed by atoms with E-state index in [2.05, 4.69) is 22.9 Å². The van der Waals surface area contributed by atoms with Crippen LogP contribution in [0.25, 0.3) is 0 Å². The number of nitrogens with one attached hydrogen (secondary N) is 3. The van der Waals surface area contributed by atoms with E-state index in [1.54, 1.807) is 0 Å². The summed E-state index contributed by atoms with van der Waals surface area (Å²) in [7, 11) is 0. The lowest BCUT2D eigenvalue weighted by molar-refractivity contribution is 0.102. The third kappa shape index (κ3) is 3.11.